The van der Waals surface area contributed by atoms with E-state index in [-0.39, 0.29) is 12.5 Å². The number of hydrogen-bond donors (Lipinski definition) is 2. The van der Waals surface area contributed by atoms with Crippen LogP contribution in [0, 0.1) is 18.3 Å². The predicted molar refractivity (Wildman–Crippen MR) is 63.6 cm³/mol. The first-order chi connectivity index (χ1) is 8.08. The van der Waals surface area contributed by atoms with Crippen LogP contribution in [-0.2, 0) is 4.79 Å². The molecule has 2 N–H and O–H groups in total. The fourth-order valence-electron chi connectivity index (χ4n) is 1.51. The van der Waals surface area contributed by atoms with E-state index in [1.165, 1.54) is 0 Å². The molecule has 0 aliphatic heterocycles. The molecule has 0 bridgehead atoms. The third-order valence-corrected chi connectivity index (χ3v) is 2.53. The molecule has 0 spiro atoms. The second kappa shape index (κ2) is 5.85. The van der Waals surface area contributed by atoms with E-state index in [0.717, 1.165) is 5.56 Å². The van der Waals surface area contributed by atoms with Crippen LogP contribution in [-0.4, -0.2) is 22.1 Å². The number of nitriles is 1. The standard InChI is InChI=1S/C12H15N3O2/c1-3-9(6-11(16)17)15-12-10(7-13)8(2)4-5-14-12/h4-5,9H,3,6H2,1-2H3,(H,14,15)(H,16,17). The van der Waals surface area contributed by atoms with Crippen molar-refractivity contribution in [2.45, 2.75) is 32.7 Å². The van der Waals surface area contributed by atoms with E-state index < -0.39 is 5.97 Å². The first kappa shape index (κ1) is 13.0. The molecule has 5 nitrogen and oxygen atoms in total. The van der Waals surface area contributed by atoms with Crippen LogP contribution in [0.1, 0.15) is 30.9 Å². The van der Waals surface area contributed by atoms with Crippen molar-refractivity contribution in [1.82, 2.24) is 4.98 Å². The van der Waals surface area contributed by atoms with Gasteiger partial charge >= 0.3 is 5.97 Å². The van der Waals surface area contributed by atoms with Crippen molar-refractivity contribution in [3.63, 3.8) is 0 Å². The minimum atomic E-state index is -0.865. The Morgan fingerprint density at radius 3 is 2.94 bits per heavy atom. The SMILES string of the molecule is CCC(CC(=O)O)Nc1nccc(C)c1C#N. The second-order valence-corrected chi connectivity index (χ2v) is 3.81. The zero-order valence-electron chi connectivity index (χ0n) is 9.90. The molecule has 5 heteroatoms. The van der Waals surface area contributed by atoms with Crippen molar-refractivity contribution in [2.75, 3.05) is 5.32 Å². The fourth-order valence-corrected chi connectivity index (χ4v) is 1.51. The molecule has 0 aromatic carbocycles. The predicted octanol–water partition coefficient (Wildman–Crippen LogP) is 1.93. The van der Waals surface area contributed by atoms with Gasteiger partial charge in [0, 0.05) is 12.2 Å². The number of nitrogens with zero attached hydrogens (tertiary/aromatic N) is 2. The maximum absolute atomic E-state index is 10.7. The highest BCUT2D eigenvalue weighted by atomic mass is 16.4. The molecule has 0 radical (unpaired) electrons. The summed E-state index contributed by atoms with van der Waals surface area (Å²) in [6, 6.07) is 3.61. The van der Waals surface area contributed by atoms with Crippen molar-refractivity contribution >= 4 is 11.8 Å². The highest BCUT2D eigenvalue weighted by Gasteiger charge is 2.14. The lowest BCUT2D eigenvalue weighted by Crippen LogP contribution is -2.23. The van der Waals surface area contributed by atoms with Crippen LogP contribution < -0.4 is 5.32 Å². The summed E-state index contributed by atoms with van der Waals surface area (Å²) in [7, 11) is 0. The summed E-state index contributed by atoms with van der Waals surface area (Å²) in [5.74, 6) is -0.406. The molecule has 0 amide bonds. The number of anilines is 1. The van der Waals surface area contributed by atoms with E-state index >= 15 is 0 Å². The van der Waals surface area contributed by atoms with E-state index in [2.05, 4.69) is 16.4 Å². The van der Waals surface area contributed by atoms with Gasteiger partial charge in [-0.3, -0.25) is 4.79 Å². The molecule has 0 aliphatic carbocycles. The monoisotopic (exact) mass is 233 g/mol. The average molecular weight is 233 g/mol. The number of aryl methyl sites for hydroxylation is 1. The van der Waals surface area contributed by atoms with Crippen molar-refractivity contribution in [3.8, 4) is 6.07 Å². The molecule has 1 heterocycles. The highest BCUT2D eigenvalue weighted by Crippen LogP contribution is 2.17. The van der Waals surface area contributed by atoms with E-state index in [4.69, 9.17) is 10.4 Å². The van der Waals surface area contributed by atoms with Crippen molar-refractivity contribution < 1.29 is 9.90 Å². The quantitative estimate of drug-likeness (QED) is 0.811. The van der Waals surface area contributed by atoms with Crippen LogP contribution >= 0.6 is 0 Å². The van der Waals surface area contributed by atoms with Gasteiger partial charge in [0.15, 0.2) is 0 Å². The Kier molecular flexibility index (Phi) is 4.46. The van der Waals surface area contributed by atoms with E-state index in [0.29, 0.717) is 17.8 Å². The van der Waals surface area contributed by atoms with E-state index in [1.807, 2.05) is 13.8 Å². The molecule has 0 saturated heterocycles. The zero-order chi connectivity index (χ0) is 12.8. The van der Waals surface area contributed by atoms with Gasteiger partial charge in [0.1, 0.15) is 11.9 Å². The number of aliphatic carboxylic acids is 1. The van der Waals surface area contributed by atoms with Gasteiger partial charge < -0.3 is 10.4 Å². The van der Waals surface area contributed by atoms with Crippen molar-refractivity contribution in [2.24, 2.45) is 0 Å². The minimum absolute atomic E-state index is 0.0109. The number of nitrogens with one attached hydrogen (secondary N) is 1. The van der Waals surface area contributed by atoms with Crippen LogP contribution in [0.5, 0.6) is 0 Å². The summed E-state index contributed by atoms with van der Waals surface area (Å²) in [4.78, 5) is 14.7. The largest absolute Gasteiger partial charge is 0.481 e. The third kappa shape index (κ3) is 3.45. The highest BCUT2D eigenvalue weighted by molar-refractivity contribution is 5.68. The Morgan fingerprint density at radius 2 is 2.41 bits per heavy atom. The van der Waals surface area contributed by atoms with Crippen LogP contribution in [0.15, 0.2) is 12.3 Å². The van der Waals surface area contributed by atoms with Crippen LogP contribution in [0.4, 0.5) is 5.82 Å². The Morgan fingerprint density at radius 1 is 1.71 bits per heavy atom. The Labute approximate surface area is 100 Å². The molecule has 1 aromatic rings. The van der Waals surface area contributed by atoms with Crippen LogP contribution in [0.3, 0.4) is 0 Å². The maximum Gasteiger partial charge on any atom is 0.305 e. The molecule has 1 rings (SSSR count). The smallest absolute Gasteiger partial charge is 0.305 e. The maximum atomic E-state index is 10.7. The summed E-state index contributed by atoms with van der Waals surface area (Å²) in [5, 5.41) is 20.8. The lowest BCUT2D eigenvalue weighted by atomic mass is 10.1. The number of carboxylic acid groups (broad SMARTS) is 1. The number of carbonyl (C=O) groups is 1. The molecular formula is C12H15N3O2. The molecule has 1 aromatic heterocycles. The lowest BCUT2D eigenvalue weighted by molar-refractivity contribution is -0.137. The van der Waals surface area contributed by atoms with E-state index in [1.54, 1.807) is 12.3 Å². The topological polar surface area (TPSA) is 86.0 Å². The minimum Gasteiger partial charge on any atom is -0.481 e. The van der Waals surface area contributed by atoms with Gasteiger partial charge in [-0.15, -0.1) is 0 Å². The average Bonchev–Trinajstić information content (AvgIpc) is 2.28. The molecule has 17 heavy (non-hydrogen) atoms. The van der Waals surface area contributed by atoms with Gasteiger partial charge in [0.2, 0.25) is 0 Å². The number of hydrogen-bond acceptors (Lipinski definition) is 4. The number of aromatic nitrogens is 1. The Balaban J connectivity index is 2.90. The van der Waals surface area contributed by atoms with Gasteiger partial charge in [-0.1, -0.05) is 6.92 Å². The second-order valence-electron chi connectivity index (χ2n) is 3.81. The van der Waals surface area contributed by atoms with Gasteiger partial charge in [-0.05, 0) is 25.0 Å². The lowest BCUT2D eigenvalue weighted by Gasteiger charge is -2.16. The molecule has 0 aliphatic rings. The van der Waals surface area contributed by atoms with Gasteiger partial charge in [-0.2, -0.15) is 5.26 Å². The fraction of sp³-hybridized carbons (Fsp3) is 0.417. The van der Waals surface area contributed by atoms with E-state index in [9.17, 15) is 4.79 Å². The number of carboxylic acids is 1. The summed E-state index contributed by atoms with van der Waals surface area (Å²) >= 11 is 0. The summed E-state index contributed by atoms with van der Waals surface area (Å²) in [6.07, 6.45) is 2.27. The van der Waals surface area contributed by atoms with Crippen molar-refractivity contribution in [1.29, 1.82) is 5.26 Å². The summed E-state index contributed by atoms with van der Waals surface area (Å²) < 4.78 is 0. The normalized spacial score (nSPS) is 11.6. The summed E-state index contributed by atoms with van der Waals surface area (Å²) in [5.41, 5.74) is 1.30. The molecule has 1 atom stereocenters. The molecule has 0 fully saturated rings. The number of rotatable bonds is 5. The molecule has 0 saturated carbocycles. The summed E-state index contributed by atoms with van der Waals surface area (Å²) in [6.45, 7) is 3.71. The zero-order valence-corrected chi connectivity index (χ0v) is 9.90. The molecule has 1 unspecified atom stereocenters. The third-order valence-electron chi connectivity index (χ3n) is 2.53. The first-order valence-electron chi connectivity index (χ1n) is 5.42. The van der Waals surface area contributed by atoms with Crippen molar-refractivity contribution in [3.05, 3.63) is 23.4 Å². The van der Waals surface area contributed by atoms with Gasteiger partial charge in [0.25, 0.3) is 0 Å². The molecule has 90 valence electrons. The number of pyridine rings is 1. The van der Waals surface area contributed by atoms with Gasteiger partial charge in [-0.25, -0.2) is 4.98 Å². The van der Waals surface area contributed by atoms with Crippen LogP contribution in [0.2, 0.25) is 0 Å². The molecular weight excluding hydrogens is 218 g/mol. The van der Waals surface area contributed by atoms with Crippen LogP contribution in [0.25, 0.3) is 0 Å². The van der Waals surface area contributed by atoms with Gasteiger partial charge in [0.05, 0.1) is 12.0 Å². The first-order valence-corrected chi connectivity index (χ1v) is 5.42. The Hall–Kier alpha value is -2.09. The Bertz CT molecular complexity index is 452.